The Morgan fingerprint density at radius 2 is 1.76 bits per heavy atom. The number of nitrogens with one attached hydrogen (secondary N) is 2. The van der Waals surface area contributed by atoms with Gasteiger partial charge in [0.05, 0.1) is 25.6 Å². The number of anilines is 1. The monoisotopic (exact) mass is 483 g/mol. The van der Waals surface area contributed by atoms with Crippen LogP contribution < -0.4 is 10.9 Å². The van der Waals surface area contributed by atoms with Gasteiger partial charge in [-0.05, 0) is 37.5 Å². The Bertz CT molecular complexity index is 1270. The molecule has 0 saturated carbocycles. The molecule has 34 heavy (non-hydrogen) atoms. The smallest absolute Gasteiger partial charge is 0.348 e. The van der Waals surface area contributed by atoms with E-state index in [9.17, 15) is 14.4 Å². The molecule has 0 aliphatic carbocycles. The third-order valence-electron chi connectivity index (χ3n) is 6.17. The number of ether oxygens (including phenoxy) is 1. The molecule has 0 radical (unpaired) electrons. The quantitative estimate of drug-likeness (QED) is 0.519. The van der Waals surface area contributed by atoms with Gasteiger partial charge in [0.15, 0.2) is 0 Å². The van der Waals surface area contributed by atoms with Crippen molar-refractivity contribution in [2.75, 3.05) is 45.2 Å². The zero-order chi connectivity index (χ0) is 24.4. The number of hydrogen-bond donors (Lipinski definition) is 2. The zero-order valence-corrected chi connectivity index (χ0v) is 20.7. The fraction of sp³-hybridized carbons (Fsp3) is 0.417. The number of amides is 1. The number of carbonyl (C=O) groups excluding carboxylic acids is 2. The predicted molar refractivity (Wildman–Crippen MR) is 133 cm³/mol. The van der Waals surface area contributed by atoms with Crippen molar-refractivity contribution in [3.63, 3.8) is 0 Å². The van der Waals surface area contributed by atoms with Crippen LogP contribution in [-0.4, -0.2) is 71.5 Å². The molecule has 1 aromatic carbocycles. The molecular formula is C24H29N5O4S. The van der Waals surface area contributed by atoms with E-state index in [0.717, 1.165) is 43.0 Å². The molecule has 3 heterocycles. The molecule has 4 rings (SSSR count). The van der Waals surface area contributed by atoms with Gasteiger partial charge in [0.1, 0.15) is 15.5 Å². The van der Waals surface area contributed by atoms with Gasteiger partial charge in [0, 0.05) is 31.9 Å². The number of benzene rings is 1. The third-order valence-corrected chi connectivity index (χ3v) is 7.34. The van der Waals surface area contributed by atoms with Crippen molar-refractivity contribution in [3.05, 3.63) is 55.9 Å². The lowest BCUT2D eigenvalue weighted by Gasteiger charge is -2.34. The van der Waals surface area contributed by atoms with E-state index in [4.69, 9.17) is 4.74 Å². The van der Waals surface area contributed by atoms with Crippen LogP contribution in [0.4, 0.5) is 5.69 Å². The molecule has 10 heteroatoms. The first-order valence-corrected chi connectivity index (χ1v) is 12.0. The molecule has 1 amide bonds. The largest absolute Gasteiger partial charge is 0.465 e. The molecule has 1 aliphatic heterocycles. The van der Waals surface area contributed by atoms with Crippen molar-refractivity contribution >= 4 is 39.1 Å². The number of aromatic amines is 1. The van der Waals surface area contributed by atoms with Gasteiger partial charge in [-0.25, -0.2) is 9.78 Å². The fourth-order valence-corrected chi connectivity index (χ4v) is 5.38. The number of H-pyrrole nitrogens is 1. The number of aromatic nitrogens is 2. The van der Waals surface area contributed by atoms with E-state index in [1.807, 2.05) is 32.0 Å². The highest BCUT2D eigenvalue weighted by Gasteiger charge is 2.22. The first-order chi connectivity index (χ1) is 16.3. The number of aryl methyl sites for hydroxylation is 3. The van der Waals surface area contributed by atoms with E-state index >= 15 is 0 Å². The average Bonchev–Trinajstić information content (AvgIpc) is 3.14. The summed E-state index contributed by atoms with van der Waals surface area (Å²) in [6, 6.07) is 5.97. The van der Waals surface area contributed by atoms with Crippen molar-refractivity contribution < 1.29 is 14.3 Å². The molecule has 0 spiro atoms. The predicted octanol–water partition coefficient (Wildman–Crippen LogP) is 2.45. The number of para-hydroxylation sites is 1. The summed E-state index contributed by atoms with van der Waals surface area (Å²) in [6.45, 7) is 9.57. The molecule has 1 aliphatic rings. The number of rotatable bonds is 6. The SMILES string of the molecule is COC(=O)c1sc2nc(CN3CCN(CC(=O)Nc4c(C)cccc4C)CC3)[nH]c(=O)c2c1C. The van der Waals surface area contributed by atoms with Crippen molar-refractivity contribution in [2.24, 2.45) is 0 Å². The van der Waals surface area contributed by atoms with Crippen LogP contribution in [0.2, 0.25) is 0 Å². The minimum Gasteiger partial charge on any atom is -0.465 e. The number of fused-ring (bicyclic) bond motifs is 1. The Morgan fingerprint density at radius 1 is 1.12 bits per heavy atom. The molecule has 2 aromatic heterocycles. The molecule has 0 bridgehead atoms. The maximum Gasteiger partial charge on any atom is 0.348 e. The summed E-state index contributed by atoms with van der Waals surface area (Å²) in [5.74, 6) is 0.0901. The van der Waals surface area contributed by atoms with Crippen LogP contribution in [0.3, 0.4) is 0 Å². The summed E-state index contributed by atoms with van der Waals surface area (Å²) in [7, 11) is 1.32. The maximum atomic E-state index is 12.6. The van der Waals surface area contributed by atoms with Gasteiger partial charge in [-0.1, -0.05) is 18.2 Å². The summed E-state index contributed by atoms with van der Waals surface area (Å²) >= 11 is 1.18. The number of esters is 1. The van der Waals surface area contributed by atoms with E-state index in [0.29, 0.717) is 39.6 Å². The minimum absolute atomic E-state index is 0.0169. The van der Waals surface area contributed by atoms with Crippen molar-refractivity contribution in [3.8, 4) is 0 Å². The summed E-state index contributed by atoms with van der Waals surface area (Å²) in [5, 5.41) is 3.48. The Morgan fingerprint density at radius 3 is 2.41 bits per heavy atom. The average molecular weight is 484 g/mol. The zero-order valence-electron chi connectivity index (χ0n) is 19.9. The number of methoxy groups -OCH3 is 1. The molecule has 1 saturated heterocycles. The van der Waals surface area contributed by atoms with E-state index in [1.54, 1.807) is 6.92 Å². The summed E-state index contributed by atoms with van der Waals surface area (Å²) in [5.41, 5.74) is 3.34. The standard InChI is InChI=1S/C24H29N5O4S/c1-14-6-5-7-15(2)20(14)27-18(30)13-29-10-8-28(9-11-29)12-17-25-22(31)19-16(3)21(24(32)33-4)34-23(19)26-17/h5-7H,8-13H2,1-4H3,(H,27,30)(H,25,26,31). The molecule has 9 nitrogen and oxygen atoms in total. The second-order valence-electron chi connectivity index (χ2n) is 8.61. The molecule has 0 atom stereocenters. The van der Waals surface area contributed by atoms with Gasteiger partial charge >= 0.3 is 5.97 Å². The van der Waals surface area contributed by atoms with E-state index in [2.05, 4.69) is 25.1 Å². The first-order valence-electron chi connectivity index (χ1n) is 11.2. The van der Waals surface area contributed by atoms with Crippen LogP contribution in [0, 0.1) is 20.8 Å². The van der Waals surface area contributed by atoms with Crippen LogP contribution in [0.25, 0.3) is 10.2 Å². The summed E-state index contributed by atoms with van der Waals surface area (Å²) in [4.78, 5) is 49.9. The molecular weight excluding hydrogens is 454 g/mol. The molecule has 0 unspecified atom stereocenters. The second-order valence-corrected chi connectivity index (χ2v) is 9.61. The summed E-state index contributed by atoms with van der Waals surface area (Å²) in [6.07, 6.45) is 0. The normalized spacial score (nSPS) is 14.9. The number of thiophene rings is 1. The highest BCUT2D eigenvalue weighted by Crippen LogP contribution is 2.27. The Hall–Kier alpha value is -3.08. The first kappa shape index (κ1) is 24.1. The van der Waals surface area contributed by atoms with Gasteiger partial charge in [0.25, 0.3) is 5.56 Å². The van der Waals surface area contributed by atoms with Crippen LogP contribution in [0.5, 0.6) is 0 Å². The molecule has 1 fully saturated rings. The lowest BCUT2D eigenvalue weighted by molar-refractivity contribution is -0.117. The molecule has 3 aromatic rings. The van der Waals surface area contributed by atoms with Crippen LogP contribution >= 0.6 is 11.3 Å². The Kier molecular flexibility index (Phi) is 7.11. The molecule has 2 N–H and O–H groups in total. The van der Waals surface area contributed by atoms with Crippen LogP contribution in [-0.2, 0) is 16.1 Å². The van der Waals surface area contributed by atoms with Crippen molar-refractivity contribution in [1.29, 1.82) is 0 Å². The lowest BCUT2D eigenvalue weighted by atomic mass is 10.1. The van der Waals surface area contributed by atoms with E-state index < -0.39 is 5.97 Å². The highest BCUT2D eigenvalue weighted by atomic mass is 32.1. The minimum atomic E-state index is -0.459. The van der Waals surface area contributed by atoms with Gasteiger partial charge in [-0.3, -0.25) is 19.4 Å². The van der Waals surface area contributed by atoms with E-state index in [-0.39, 0.29) is 11.5 Å². The van der Waals surface area contributed by atoms with Crippen LogP contribution in [0.15, 0.2) is 23.0 Å². The van der Waals surface area contributed by atoms with Gasteiger partial charge in [-0.15, -0.1) is 11.3 Å². The molecule has 180 valence electrons. The third kappa shape index (κ3) is 5.03. The van der Waals surface area contributed by atoms with E-state index in [1.165, 1.54) is 18.4 Å². The highest BCUT2D eigenvalue weighted by molar-refractivity contribution is 7.20. The fourth-order valence-electron chi connectivity index (χ4n) is 4.26. The number of nitrogens with zero attached hydrogens (tertiary/aromatic N) is 3. The van der Waals surface area contributed by atoms with Gasteiger partial charge in [0.2, 0.25) is 5.91 Å². The summed E-state index contributed by atoms with van der Waals surface area (Å²) < 4.78 is 4.81. The van der Waals surface area contributed by atoms with Gasteiger partial charge in [-0.2, -0.15) is 0 Å². The second kappa shape index (κ2) is 10.0. The Balaban J connectivity index is 1.35. The lowest BCUT2D eigenvalue weighted by Crippen LogP contribution is -2.48. The van der Waals surface area contributed by atoms with Crippen molar-refractivity contribution in [1.82, 2.24) is 19.8 Å². The van der Waals surface area contributed by atoms with Crippen LogP contribution in [0.1, 0.15) is 32.2 Å². The van der Waals surface area contributed by atoms with Gasteiger partial charge < -0.3 is 15.0 Å². The number of carbonyl (C=O) groups is 2. The Labute approximate surface area is 201 Å². The maximum absolute atomic E-state index is 12.6. The van der Waals surface area contributed by atoms with Crippen molar-refractivity contribution in [2.45, 2.75) is 27.3 Å². The number of hydrogen-bond acceptors (Lipinski definition) is 8. The topological polar surface area (TPSA) is 108 Å². The number of piperazine rings is 1.